The molecule has 0 aliphatic carbocycles. The van der Waals surface area contributed by atoms with Crippen molar-refractivity contribution >= 4 is 18.2 Å². The van der Waals surface area contributed by atoms with Gasteiger partial charge >= 0.3 is 18.2 Å². The van der Waals surface area contributed by atoms with E-state index in [0.717, 1.165) is 5.56 Å². The number of carbonyl (C=O) groups is 3. The van der Waals surface area contributed by atoms with Crippen molar-refractivity contribution in [1.29, 1.82) is 0 Å². The van der Waals surface area contributed by atoms with Gasteiger partial charge in [0.05, 0.1) is 0 Å². The van der Waals surface area contributed by atoms with Crippen LogP contribution in [0, 0.1) is 0 Å². The van der Waals surface area contributed by atoms with Crippen molar-refractivity contribution < 1.29 is 28.6 Å². The molecule has 8 nitrogen and oxygen atoms in total. The number of hydrogen-bond acceptors (Lipinski definition) is 7. The Labute approximate surface area is 153 Å². The van der Waals surface area contributed by atoms with E-state index in [1.54, 1.807) is 45.0 Å². The number of ether oxygens (including phenoxy) is 3. The van der Waals surface area contributed by atoms with Gasteiger partial charge in [0, 0.05) is 6.54 Å². The van der Waals surface area contributed by atoms with E-state index in [9.17, 15) is 14.4 Å². The van der Waals surface area contributed by atoms with Crippen LogP contribution in [-0.4, -0.2) is 36.4 Å². The van der Waals surface area contributed by atoms with Crippen molar-refractivity contribution in [3.8, 4) is 0 Å². The second-order valence-corrected chi connectivity index (χ2v) is 6.62. The number of carbonyl (C=O) groups excluding carboxylic acids is 3. The molecule has 1 amide bonds. The Hall–Kier alpha value is -2.61. The summed E-state index contributed by atoms with van der Waals surface area (Å²) in [6.45, 7) is 5.57. The summed E-state index contributed by atoms with van der Waals surface area (Å²) in [5.74, 6) is -0.875. The molecule has 0 radical (unpaired) electrons. The van der Waals surface area contributed by atoms with Gasteiger partial charge in [-0.3, -0.25) is 0 Å². The average molecular weight is 366 g/mol. The zero-order valence-electron chi connectivity index (χ0n) is 15.3. The quantitative estimate of drug-likeness (QED) is 0.432. The molecule has 144 valence electrons. The first kappa shape index (κ1) is 21.4. The summed E-state index contributed by atoms with van der Waals surface area (Å²) >= 11 is 0. The lowest BCUT2D eigenvalue weighted by Crippen LogP contribution is -2.36. The second-order valence-electron chi connectivity index (χ2n) is 6.62. The minimum absolute atomic E-state index is 0.00198. The highest BCUT2D eigenvalue weighted by atomic mass is 16.7. The maximum absolute atomic E-state index is 11.7. The third kappa shape index (κ3) is 9.63. The van der Waals surface area contributed by atoms with Gasteiger partial charge < -0.3 is 25.3 Å². The maximum atomic E-state index is 11.7. The smallest absolute Gasteiger partial charge is 0.444 e. The molecule has 1 aromatic carbocycles. The Bertz CT molecular complexity index is 597. The predicted octanol–water partition coefficient (Wildman–Crippen LogP) is 2.50. The van der Waals surface area contributed by atoms with Crippen LogP contribution < -0.4 is 11.1 Å². The monoisotopic (exact) mass is 366 g/mol. The number of esters is 1. The Balaban J connectivity index is 2.19. The number of alkyl carbamates (subject to hydrolysis) is 1. The summed E-state index contributed by atoms with van der Waals surface area (Å²) in [6.07, 6.45) is -0.978. The molecule has 0 aliphatic heterocycles. The molecular weight excluding hydrogens is 340 g/mol. The molecule has 0 saturated carbocycles. The van der Waals surface area contributed by atoms with Gasteiger partial charge in [-0.25, -0.2) is 14.4 Å². The van der Waals surface area contributed by atoms with Crippen molar-refractivity contribution in [3.05, 3.63) is 35.9 Å². The molecule has 0 aliphatic rings. The van der Waals surface area contributed by atoms with Crippen LogP contribution in [-0.2, 0) is 25.6 Å². The van der Waals surface area contributed by atoms with Crippen LogP contribution in [0.5, 0.6) is 0 Å². The number of nitrogens with two attached hydrogens (primary N) is 1. The van der Waals surface area contributed by atoms with Crippen LogP contribution in [0.3, 0.4) is 0 Å². The lowest BCUT2D eigenvalue weighted by atomic mass is 10.2. The van der Waals surface area contributed by atoms with Gasteiger partial charge in [-0.1, -0.05) is 30.3 Å². The fraction of sp³-hybridized carbons (Fsp3) is 0.500. The molecule has 1 atom stereocenters. The zero-order chi connectivity index (χ0) is 19.6. The molecular formula is C18H26N2O6. The van der Waals surface area contributed by atoms with E-state index in [1.807, 2.05) is 6.07 Å². The van der Waals surface area contributed by atoms with Crippen LogP contribution in [0.1, 0.15) is 39.2 Å². The SMILES string of the molecule is CC(C)(C)OC(=O)NCCC[C@@H](N)C(=O)OC(=O)OCc1ccccc1. The van der Waals surface area contributed by atoms with Gasteiger partial charge in [-0.15, -0.1) is 0 Å². The molecule has 0 heterocycles. The zero-order valence-corrected chi connectivity index (χ0v) is 15.3. The first-order chi connectivity index (χ1) is 12.2. The van der Waals surface area contributed by atoms with Crippen molar-refractivity contribution in [2.45, 2.75) is 51.9 Å². The van der Waals surface area contributed by atoms with Crippen LogP contribution in [0.25, 0.3) is 0 Å². The predicted molar refractivity (Wildman–Crippen MR) is 94.2 cm³/mol. The summed E-state index contributed by atoms with van der Waals surface area (Å²) in [4.78, 5) is 34.7. The normalized spacial score (nSPS) is 12.0. The molecule has 1 rings (SSSR count). The second kappa shape index (κ2) is 10.4. The molecule has 8 heteroatoms. The molecule has 0 unspecified atom stereocenters. The van der Waals surface area contributed by atoms with E-state index >= 15 is 0 Å². The van der Waals surface area contributed by atoms with E-state index in [4.69, 9.17) is 15.2 Å². The first-order valence-electron chi connectivity index (χ1n) is 8.32. The van der Waals surface area contributed by atoms with E-state index in [-0.39, 0.29) is 19.6 Å². The van der Waals surface area contributed by atoms with Crippen molar-refractivity contribution in [2.24, 2.45) is 5.73 Å². The molecule has 0 saturated heterocycles. The fourth-order valence-electron chi connectivity index (χ4n) is 1.85. The van der Waals surface area contributed by atoms with E-state index < -0.39 is 29.9 Å². The molecule has 3 N–H and O–H groups in total. The van der Waals surface area contributed by atoms with Crippen molar-refractivity contribution in [1.82, 2.24) is 5.32 Å². The van der Waals surface area contributed by atoms with Gasteiger partial charge in [-0.05, 0) is 39.2 Å². The summed E-state index contributed by atoms with van der Waals surface area (Å²) in [5, 5.41) is 2.55. The fourth-order valence-corrected chi connectivity index (χ4v) is 1.85. The van der Waals surface area contributed by atoms with Crippen molar-refractivity contribution in [2.75, 3.05) is 6.54 Å². The highest BCUT2D eigenvalue weighted by molar-refractivity contribution is 5.85. The van der Waals surface area contributed by atoms with Gasteiger partial charge in [0.15, 0.2) is 0 Å². The van der Waals surface area contributed by atoms with Crippen molar-refractivity contribution in [3.63, 3.8) is 0 Å². The van der Waals surface area contributed by atoms with Gasteiger partial charge in [0.2, 0.25) is 0 Å². The minimum Gasteiger partial charge on any atom is -0.444 e. The van der Waals surface area contributed by atoms with Crippen LogP contribution >= 0.6 is 0 Å². The van der Waals surface area contributed by atoms with E-state index in [1.165, 1.54) is 0 Å². The third-order valence-corrected chi connectivity index (χ3v) is 3.05. The highest BCUT2D eigenvalue weighted by Crippen LogP contribution is 2.07. The highest BCUT2D eigenvalue weighted by Gasteiger charge is 2.20. The minimum atomic E-state index is -1.10. The molecule has 0 bridgehead atoms. The first-order valence-corrected chi connectivity index (χ1v) is 8.32. The third-order valence-electron chi connectivity index (χ3n) is 3.05. The lowest BCUT2D eigenvalue weighted by molar-refractivity contribution is -0.141. The molecule has 1 aromatic rings. The largest absolute Gasteiger partial charge is 0.516 e. The Morgan fingerprint density at radius 3 is 2.42 bits per heavy atom. The number of benzene rings is 1. The average Bonchev–Trinajstić information content (AvgIpc) is 2.56. The Morgan fingerprint density at radius 1 is 1.15 bits per heavy atom. The number of amides is 1. The van der Waals surface area contributed by atoms with Crippen LogP contribution in [0.2, 0.25) is 0 Å². The van der Waals surface area contributed by atoms with Crippen LogP contribution in [0.4, 0.5) is 9.59 Å². The molecule has 0 spiro atoms. The summed E-state index contributed by atoms with van der Waals surface area (Å²) in [6, 6.07) is 8.01. The lowest BCUT2D eigenvalue weighted by Gasteiger charge is -2.19. The number of nitrogens with one attached hydrogen (secondary N) is 1. The summed E-state index contributed by atoms with van der Waals surface area (Å²) in [7, 11) is 0. The van der Waals surface area contributed by atoms with Crippen LogP contribution in [0.15, 0.2) is 30.3 Å². The molecule has 0 aromatic heterocycles. The standard InChI is InChI=1S/C18H26N2O6/c1-18(2,3)26-16(22)20-11-7-10-14(19)15(21)25-17(23)24-12-13-8-5-4-6-9-13/h4-6,8-9,14H,7,10-12,19H2,1-3H3,(H,20,22)/t14-/m1/s1. The Kier molecular flexibility index (Phi) is 8.57. The summed E-state index contributed by atoms with van der Waals surface area (Å²) < 4.78 is 14.5. The summed E-state index contributed by atoms with van der Waals surface area (Å²) in [5.41, 5.74) is 5.86. The topological polar surface area (TPSA) is 117 Å². The molecule has 26 heavy (non-hydrogen) atoms. The molecule has 0 fully saturated rings. The van der Waals surface area contributed by atoms with E-state index in [2.05, 4.69) is 10.1 Å². The van der Waals surface area contributed by atoms with Gasteiger partial charge in [0.25, 0.3) is 0 Å². The van der Waals surface area contributed by atoms with E-state index in [0.29, 0.717) is 6.42 Å². The number of hydrogen-bond donors (Lipinski definition) is 2. The van der Waals surface area contributed by atoms with Gasteiger partial charge in [-0.2, -0.15) is 0 Å². The van der Waals surface area contributed by atoms with Gasteiger partial charge in [0.1, 0.15) is 18.2 Å². The Morgan fingerprint density at radius 2 is 1.81 bits per heavy atom. The maximum Gasteiger partial charge on any atom is 0.516 e. The number of rotatable bonds is 7.